The Hall–Kier alpha value is -1.54. The van der Waals surface area contributed by atoms with E-state index in [-0.39, 0.29) is 17.8 Å². The molecule has 1 rings (SSSR count). The number of alkyl halides is 2. The van der Waals surface area contributed by atoms with Crippen LogP contribution in [-0.4, -0.2) is 4.98 Å². The van der Waals surface area contributed by atoms with Gasteiger partial charge in [-0.15, -0.1) is 0 Å². The molecule has 1 heterocycles. The van der Waals surface area contributed by atoms with Crippen LogP contribution in [0.25, 0.3) is 0 Å². The number of hydrogen-bond donors (Lipinski definition) is 1. The van der Waals surface area contributed by atoms with E-state index in [9.17, 15) is 8.78 Å². The molecule has 0 saturated carbocycles. The van der Waals surface area contributed by atoms with E-state index in [1.807, 2.05) is 0 Å². The van der Waals surface area contributed by atoms with Crippen molar-refractivity contribution in [2.75, 3.05) is 0 Å². The van der Waals surface area contributed by atoms with E-state index in [1.54, 1.807) is 6.07 Å². The van der Waals surface area contributed by atoms with Gasteiger partial charge < -0.3 is 5.73 Å². The molecule has 13 heavy (non-hydrogen) atoms. The molecule has 0 bridgehead atoms. The standard InChI is InChI=1S/C8H7F2N3/c9-8(10)6-1-5(2-11)7(3-12)13-4-6/h1,4,8H,2,11H2. The first-order valence-electron chi connectivity index (χ1n) is 3.56. The SMILES string of the molecule is N#Cc1ncc(C(F)F)cc1CN. The van der Waals surface area contributed by atoms with E-state index in [0.29, 0.717) is 5.56 Å². The van der Waals surface area contributed by atoms with Crippen LogP contribution >= 0.6 is 0 Å². The minimum Gasteiger partial charge on any atom is -0.326 e. The number of nitriles is 1. The van der Waals surface area contributed by atoms with Gasteiger partial charge in [0.25, 0.3) is 6.43 Å². The van der Waals surface area contributed by atoms with Crippen LogP contribution in [-0.2, 0) is 6.54 Å². The fraction of sp³-hybridized carbons (Fsp3) is 0.250. The van der Waals surface area contributed by atoms with Crippen molar-refractivity contribution >= 4 is 0 Å². The molecule has 0 fully saturated rings. The summed E-state index contributed by atoms with van der Waals surface area (Å²) in [5, 5.41) is 8.52. The molecule has 0 aromatic carbocycles. The second-order valence-electron chi connectivity index (χ2n) is 2.39. The zero-order valence-corrected chi connectivity index (χ0v) is 6.67. The highest BCUT2D eigenvalue weighted by Gasteiger charge is 2.10. The molecule has 0 aliphatic rings. The molecule has 3 nitrogen and oxygen atoms in total. The summed E-state index contributed by atoms with van der Waals surface area (Å²) in [6.07, 6.45) is -1.59. The van der Waals surface area contributed by atoms with Crippen LogP contribution in [0.3, 0.4) is 0 Å². The number of aromatic nitrogens is 1. The van der Waals surface area contributed by atoms with Crippen LogP contribution in [0, 0.1) is 11.3 Å². The highest BCUT2D eigenvalue weighted by Crippen LogP contribution is 2.19. The van der Waals surface area contributed by atoms with Crippen LogP contribution in [0.5, 0.6) is 0 Å². The molecule has 0 unspecified atom stereocenters. The quantitative estimate of drug-likeness (QED) is 0.752. The fourth-order valence-corrected chi connectivity index (χ4v) is 0.904. The maximum atomic E-state index is 12.2. The highest BCUT2D eigenvalue weighted by molar-refractivity contribution is 5.33. The molecule has 0 saturated heterocycles. The zero-order chi connectivity index (χ0) is 9.84. The molecule has 2 N–H and O–H groups in total. The van der Waals surface area contributed by atoms with Crippen LogP contribution in [0.15, 0.2) is 12.3 Å². The first-order valence-corrected chi connectivity index (χ1v) is 3.56. The van der Waals surface area contributed by atoms with Crippen molar-refractivity contribution in [3.63, 3.8) is 0 Å². The number of hydrogen-bond acceptors (Lipinski definition) is 3. The lowest BCUT2D eigenvalue weighted by atomic mass is 10.1. The minimum absolute atomic E-state index is 0.0381. The van der Waals surface area contributed by atoms with Gasteiger partial charge in [0, 0.05) is 23.9 Å². The largest absolute Gasteiger partial charge is 0.326 e. The van der Waals surface area contributed by atoms with E-state index in [2.05, 4.69) is 4.98 Å². The van der Waals surface area contributed by atoms with Gasteiger partial charge in [-0.3, -0.25) is 0 Å². The molecule has 5 heteroatoms. The first kappa shape index (κ1) is 9.55. The summed E-state index contributed by atoms with van der Waals surface area (Å²) in [4.78, 5) is 3.57. The van der Waals surface area contributed by atoms with Gasteiger partial charge in [0.05, 0.1) is 0 Å². The predicted molar refractivity (Wildman–Crippen MR) is 41.8 cm³/mol. The maximum absolute atomic E-state index is 12.2. The second kappa shape index (κ2) is 3.92. The number of halogens is 2. The van der Waals surface area contributed by atoms with Gasteiger partial charge in [-0.05, 0) is 6.07 Å². The van der Waals surface area contributed by atoms with Crippen LogP contribution < -0.4 is 5.73 Å². The Morgan fingerprint density at radius 2 is 2.31 bits per heavy atom. The number of pyridine rings is 1. The topological polar surface area (TPSA) is 62.7 Å². The molecule has 1 aromatic heterocycles. The highest BCUT2D eigenvalue weighted by atomic mass is 19.3. The number of nitrogens with zero attached hydrogens (tertiary/aromatic N) is 2. The fourth-order valence-electron chi connectivity index (χ4n) is 0.904. The molecule has 0 spiro atoms. The van der Waals surface area contributed by atoms with Crippen molar-refractivity contribution in [2.45, 2.75) is 13.0 Å². The van der Waals surface area contributed by atoms with Crippen molar-refractivity contribution in [1.29, 1.82) is 5.26 Å². The van der Waals surface area contributed by atoms with Crippen LogP contribution in [0.2, 0.25) is 0 Å². The molecule has 0 amide bonds. The number of nitrogens with two attached hydrogens (primary N) is 1. The van der Waals surface area contributed by atoms with E-state index in [1.165, 1.54) is 6.07 Å². The van der Waals surface area contributed by atoms with Crippen LogP contribution in [0.4, 0.5) is 8.78 Å². The van der Waals surface area contributed by atoms with Gasteiger partial charge in [0.15, 0.2) is 0 Å². The predicted octanol–water partition coefficient (Wildman–Crippen LogP) is 1.35. The van der Waals surface area contributed by atoms with Gasteiger partial charge in [-0.2, -0.15) is 5.26 Å². The lowest BCUT2D eigenvalue weighted by Crippen LogP contribution is -2.03. The van der Waals surface area contributed by atoms with Crippen molar-refractivity contribution in [2.24, 2.45) is 5.73 Å². The Morgan fingerprint density at radius 1 is 1.62 bits per heavy atom. The zero-order valence-electron chi connectivity index (χ0n) is 6.67. The average molecular weight is 183 g/mol. The second-order valence-corrected chi connectivity index (χ2v) is 2.39. The molecular weight excluding hydrogens is 176 g/mol. The van der Waals surface area contributed by atoms with Crippen molar-refractivity contribution in [3.8, 4) is 6.07 Å². The van der Waals surface area contributed by atoms with Gasteiger partial charge in [-0.1, -0.05) is 0 Å². The minimum atomic E-state index is -2.58. The van der Waals surface area contributed by atoms with E-state index in [4.69, 9.17) is 11.0 Å². The van der Waals surface area contributed by atoms with Gasteiger partial charge in [0.2, 0.25) is 0 Å². The first-order chi connectivity index (χ1) is 6.19. The Bertz CT molecular complexity index is 344. The van der Waals surface area contributed by atoms with Crippen LogP contribution in [0.1, 0.15) is 23.2 Å². The normalized spacial score (nSPS) is 10.1. The molecule has 0 radical (unpaired) electrons. The van der Waals surface area contributed by atoms with Gasteiger partial charge in [0.1, 0.15) is 11.8 Å². The van der Waals surface area contributed by atoms with Crippen molar-refractivity contribution < 1.29 is 8.78 Å². The summed E-state index contributed by atoms with van der Waals surface area (Å²) in [5.41, 5.74) is 5.50. The third kappa shape index (κ3) is 1.98. The summed E-state index contributed by atoms with van der Waals surface area (Å²) in [5.74, 6) is 0. The maximum Gasteiger partial charge on any atom is 0.265 e. The van der Waals surface area contributed by atoms with E-state index < -0.39 is 6.43 Å². The van der Waals surface area contributed by atoms with E-state index >= 15 is 0 Å². The molecule has 68 valence electrons. The van der Waals surface area contributed by atoms with Gasteiger partial charge in [-0.25, -0.2) is 13.8 Å². The molecule has 0 aliphatic heterocycles. The Kier molecular flexibility index (Phi) is 2.88. The van der Waals surface area contributed by atoms with Gasteiger partial charge >= 0.3 is 0 Å². The third-order valence-electron chi connectivity index (χ3n) is 1.57. The molecule has 0 aliphatic carbocycles. The Labute approximate surface area is 73.8 Å². The Morgan fingerprint density at radius 3 is 2.77 bits per heavy atom. The molecule has 1 aromatic rings. The summed E-state index contributed by atoms with van der Waals surface area (Å²) in [6, 6.07) is 2.98. The Balaban J connectivity index is 3.15. The molecule has 0 atom stereocenters. The lowest BCUT2D eigenvalue weighted by Gasteiger charge is -2.02. The summed E-state index contributed by atoms with van der Waals surface area (Å²) >= 11 is 0. The molecular formula is C8H7F2N3. The third-order valence-corrected chi connectivity index (χ3v) is 1.57. The average Bonchev–Trinajstić information content (AvgIpc) is 2.16. The monoisotopic (exact) mass is 183 g/mol. The van der Waals surface area contributed by atoms with E-state index in [0.717, 1.165) is 6.20 Å². The summed E-state index contributed by atoms with van der Waals surface area (Å²) in [7, 11) is 0. The van der Waals surface area contributed by atoms with Crippen molar-refractivity contribution in [1.82, 2.24) is 4.98 Å². The number of rotatable bonds is 2. The summed E-state index contributed by atoms with van der Waals surface area (Å²) in [6.45, 7) is 0.0381. The summed E-state index contributed by atoms with van der Waals surface area (Å²) < 4.78 is 24.3. The lowest BCUT2D eigenvalue weighted by molar-refractivity contribution is 0.151. The smallest absolute Gasteiger partial charge is 0.265 e. The van der Waals surface area contributed by atoms with Crippen molar-refractivity contribution in [3.05, 3.63) is 29.1 Å².